The summed E-state index contributed by atoms with van der Waals surface area (Å²) in [5.41, 5.74) is 5.78. The molecule has 3 aromatic rings. The van der Waals surface area contributed by atoms with E-state index in [1.165, 1.54) is 31.5 Å². The van der Waals surface area contributed by atoms with E-state index in [-0.39, 0.29) is 16.7 Å². The summed E-state index contributed by atoms with van der Waals surface area (Å²) >= 11 is 0.836. The second kappa shape index (κ2) is 17.1. The van der Waals surface area contributed by atoms with Crippen molar-refractivity contribution in [2.45, 2.75) is 75.5 Å². The Morgan fingerprint density at radius 3 is 2.30 bits per heavy atom. The highest BCUT2D eigenvalue weighted by atomic mass is 32.1. The number of ether oxygens (including phenoxy) is 1. The van der Waals surface area contributed by atoms with E-state index in [2.05, 4.69) is 15.5 Å². The van der Waals surface area contributed by atoms with Gasteiger partial charge in [-0.2, -0.15) is 13.2 Å². The predicted molar refractivity (Wildman–Crippen MR) is 187 cm³/mol. The average Bonchev–Trinajstić information content (AvgIpc) is 3.75. The maximum absolute atomic E-state index is 13.2. The average molecular weight is 717 g/mol. The number of carbonyl (C=O) groups is 3. The molecule has 3 heterocycles. The Kier molecular flexibility index (Phi) is 12.9. The molecule has 1 aromatic heterocycles. The van der Waals surface area contributed by atoms with Crippen molar-refractivity contribution in [3.05, 3.63) is 70.6 Å². The number of thiophene rings is 1. The molecule has 1 aliphatic carbocycles. The molecule has 2 aromatic carbocycles. The van der Waals surface area contributed by atoms with E-state index in [9.17, 15) is 27.6 Å². The van der Waals surface area contributed by atoms with Crippen molar-refractivity contribution in [2.24, 2.45) is 17.6 Å². The summed E-state index contributed by atoms with van der Waals surface area (Å²) in [7, 11) is 0. The monoisotopic (exact) mass is 716 g/mol. The van der Waals surface area contributed by atoms with Gasteiger partial charge < -0.3 is 31.1 Å². The van der Waals surface area contributed by atoms with Crippen LogP contribution in [0.3, 0.4) is 0 Å². The second-order valence-corrected chi connectivity index (χ2v) is 14.9. The van der Waals surface area contributed by atoms with E-state index in [0.29, 0.717) is 41.8 Å². The Hall–Kier alpha value is -3.52. The number of carbonyl (C=O) groups excluding carboxylic acids is 2. The van der Waals surface area contributed by atoms with Crippen LogP contribution in [0.1, 0.15) is 72.2 Å². The summed E-state index contributed by atoms with van der Waals surface area (Å²) in [6.45, 7) is 5.83. The van der Waals surface area contributed by atoms with E-state index >= 15 is 0 Å². The zero-order chi connectivity index (χ0) is 35.7. The molecule has 6 rings (SSSR count). The molecule has 13 heteroatoms. The number of carboxylic acid groups (broad SMARTS) is 1. The minimum absolute atomic E-state index is 0.0364. The highest BCUT2D eigenvalue weighted by Crippen LogP contribution is 2.34. The van der Waals surface area contributed by atoms with Crippen LogP contribution in [0.2, 0.25) is 0 Å². The Morgan fingerprint density at radius 1 is 0.980 bits per heavy atom. The van der Waals surface area contributed by atoms with E-state index < -0.39 is 29.3 Å². The van der Waals surface area contributed by atoms with E-state index in [1.807, 2.05) is 30.3 Å². The topological polar surface area (TPSA) is 134 Å². The normalized spacial score (nSPS) is 19.4. The Balaban J connectivity index is 0.000000253. The van der Waals surface area contributed by atoms with Gasteiger partial charge in [0, 0.05) is 37.4 Å². The summed E-state index contributed by atoms with van der Waals surface area (Å²) in [5.74, 6) is -0.183. The highest BCUT2D eigenvalue weighted by molar-refractivity contribution is 7.20. The first kappa shape index (κ1) is 37.7. The number of hydrogen-bond donors (Lipinski definition) is 4. The molecule has 1 atom stereocenters. The highest BCUT2D eigenvalue weighted by Gasteiger charge is 2.39. The van der Waals surface area contributed by atoms with Gasteiger partial charge in [0.1, 0.15) is 10.9 Å². The number of amides is 2. The second-order valence-electron chi connectivity index (χ2n) is 13.8. The number of alkyl halides is 3. The molecule has 5 N–H and O–H groups in total. The van der Waals surface area contributed by atoms with Gasteiger partial charge in [-0.05, 0) is 92.6 Å². The SMILES string of the molecule is NC1(C(=O)N[C@H](Cc2ccccc2)C(=O)NCC2CCN(CC3CCOCC3)CC2)CCCC1.O=C(O)c1cc2ccc(C(F)(F)F)cc2s1. The van der Waals surface area contributed by atoms with Gasteiger partial charge in [0.2, 0.25) is 11.8 Å². The molecule has 3 fully saturated rings. The number of halogens is 3. The molecular weight excluding hydrogens is 669 g/mol. The van der Waals surface area contributed by atoms with Gasteiger partial charge in [-0.3, -0.25) is 9.59 Å². The summed E-state index contributed by atoms with van der Waals surface area (Å²) in [5, 5.41) is 15.4. The van der Waals surface area contributed by atoms with Crippen LogP contribution in [-0.2, 0) is 26.9 Å². The molecule has 0 spiro atoms. The molecule has 1 saturated carbocycles. The number of nitrogens with two attached hydrogens (primary N) is 1. The fourth-order valence-electron chi connectivity index (χ4n) is 6.94. The number of piperidine rings is 1. The quantitative estimate of drug-likeness (QED) is 0.207. The van der Waals surface area contributed by atoms with Crippen LogP contribution in [0.5, 0.6) is 0 Å². The summed E-state index contributed by atoms with van der Waals surface area (Å²) in [6, 6.07) is 13.8. The van der Waals surface area contributed by atoms with Gasteiger partial charge in [0.15, 0.2) is 0 Å². The van der Waals surface area contributed by atoms with Crippen LogP contribution in [0.15, 0.2) is 54.6 Å². The maximum Gasteiger partial charge on any atom is 0.416 e. The van der Waals surface area contributed by atoms with E-state index in [4.69, 9.17) is 15.6 Å². The van der Waals surface area contributed by atoms with Crippen molar-refractivity contribution in [1.82, 2.24) is 15.5 Å². The molecule has 0 unspecified atom stereocenters. The zero-order valence-electron chi connectivity index (χ0n) is 28.2. The number of likely N-dealkylation sites (tertiary alicyclic amines) is 1. The van der Waals surface area contributed by atoms with Gasteiger partial charge in [0.05, 0.1) is 11.1 Å². The predicted octanol–water partition coefficient (Wildman–Crippen LogP) is 5.86. The summed E-state index contributed by atoms with van der Waals surface area (Å²) < 4.78 is 42.9. The van der Waals surface area contributed by atoms with Crippen LogP contribution in [0.4, 0.5) is 13.2 Å². The van der Waals surface area contributed by atoms with Gasteiger partial charge in [-0.25, -0.2) is 4.79 Å². The molecule has 3 aliphatic rings. The van der Waals surface area contributed by atoms with Crippen LogP contribution in [-0.4, -0.2) is 78.8 Å². The third-order valence-corrected chi connectivity index (χ3v) is 11.1. The first-order valence-corrected chi connectivity index (χ1v) is 18.3. The standard InChI is InChI=1S/C27H42N4O3.C10H5F3O2S/c28-27(12-4-5-13-27)26(33)30-24(18-21-6-2-1-3-7-21)25(32)29-19-22-8-14-31(15-9-22)20-23-10-16-34-17-11-23;11-10(12,13)6-2-1-5-3-8(9(14)15)16-7(5)4-6/h1-3,6-7,22-24H,4-5,8-20,28H2,(H,29,32)(H,30,33);1-4H,(H,14,15)/t24-;/m1./s1. The Labute approximate surface area is 294 Å². The van der Waals surface area contributed by atoms with Crippen molar-refractivity contribution >= 4 is 39.2 Å². The third kappa shape index (κ3) is 10.5. The lowest BCUT2D eigenvalue weighted by molar-refractivity contribution is -0.137. The lowest BCUT2D eigenvalue weighted by atomic mass is 9.93. The third-order valence-electron chi connectivity index (χ3n) is 10.0. The first-order valence-electron chi connectivity index (χ1n) is 17.5. The van der Waals surface area contributed by atoms with Crippen molar-refractivity contribution in [3.63, 3.8) is 0 Å². The Morgan fingerprint density at radius 2 is 1.66 bits per heavy atom. The van der Waals surface area contributed by atoms with Crippen LogP contribution in [0, 0.1) is 11.8 Å². The van der Waals surface area contributed by atoms with Crippen molar-refractivity contribution in [1.29, 1.82) is 0 Å². The number of rotatable bonds is 10. The van der Waals surface area contributed by atoms with Gasteiger partial charge in [-0.1, -0.05) is 49.2 Å². The lowest BCUT2D eigenvalue weighted by Gasteiger charge is -2.35. The molecule has 2 saturated heterocycles. The Bertz CT molecular complexity index is 1580. The fourth-order valence-corrected chi connectivity index (χ4v) is 7.88. The van der Waals surface area contributed by atoms with Crippen molar-refractivity contribution in [3.8, 4) is 0 Å². The minimum atomic E-state index is -4.40. The number of hydrogen-bond acceptors (Lipinski definition) is 7. The minimum Gasteiger partial charge on any atom is -0.477 e. The maximum atomic E-state index is 13.2. The van der Waals surface area contributed by atoms with Crippen molar-refractivity contribution < 1.29 is 37.4 Å². The molecule has 0 radical (unpaired) electrons. The molecule has 272 valence electrons. The molecule has 9 nitrogen and oxygen atoms in total. The van der Waals surface area contributed by atoms with Crippen LogP contribution >= 0.6 is 11.3 Å². The van der Waals surface area contributed by atoms with Crippen molar-refractivity contribution in [2.75, 3.05) is 39.4 Å². The smallest absolute Gasteiger partial charge is 0.416 e. The number of carboxylic acids is 1. The van der Waals surface area contributed by atoms with Gasteiger partial charge in [-0.15, -0.1) is 11.3 Å². The fraction of sp³-hybridized carbons (Fsp3) is 0.541. The van der Waals surface area contributed by atoms with E-state index in [0.717, 1.165) is 86.9 Å². The molecule has 50 heavy (non-hydrogen) atoms. The summed E-state index contributed by atoms with van der Waals surface area (Å²) in [6.07, 6.45) is 3.92. The molecule has 2 amide bonds. The van der Waals surface area contributed by atoms with Gasteiger partial charge in [0.25, 0.3) is 0 Å². The zero-order valence-corrected chi connectivity index (χ0v) is 29.0. The first-order chi connectivity index (χ1) is 23.9. The molecule has 2 aliphatic heterocycles. The number of aromatic carboxylic acids is 1. The van der Waals surface area contributed by atoms with Crippen LogP contribution in [0.25, 0.3) is 10.1 Å². The number of nitrogens with one attached hydrogen (secondary N) is 2. The molecule has 0 bridgehead atoms. The number of benzene rings is 2. The lowest BCUT2D eigenvalue weighted by Crippen LogP contribution is -2.58. The number of nitrogens with zero attached hydrogens (tertiary/aromatic N) is 1. The van der Waals surface area contributed by atoms with Crippen LogP contribution < -0.4 is 16.4 Å². The number of fused-ring (bicyclic) bond motifs is 1. The molecular formula is C37H47F3N4O5S. The van der Waals surface area contributed by atoms with Gasteiger partial charge >= 0.3 is 12.1 Å². The summed E-state index contributed by atoms with van der Waals surface area (Å²) in [4.78, 5) is 39.4. The van der Waals surface area contributed by atoms with E-state index in [1.54, 1.807) is 0 Å². The largest absolute Gasteiger partial charge is 0.477 e.